The first kappa shape index (κ1) is 11.2. The summed E-state index contributed by atoms with van der Waals surface area (Å²) in [7, 11) is 0. The van der Waals surface area contributed by atoms with Gasteiger partial charge in [0.05, 0.1) is 11.7 Å². The molecule has 1 aromatic carbocycles. The van der Waals surface area contributed by atoms with Crippen molar-refractivity contribution < 1.29 is 9.53 Å². The van der Waals surface area contributed by atoms with Crippen LogP contribution >= 0.6 is 11.6 Å². The van der Waals surface area contributed by atoms with Gasteiger partial charge in [0.15, 0.2) is 0 Å². The van der Waals surface area contributed by atoms with Crippen LogP contribution in [0.3, 0.4) is 0 Å². The Kier molecular flexibility index (Phi) is 3.03. The first-order valence-corrected chi connectivity index (χ1v) is 5.44. The average molecular weight is 241 g/mol. The van der Waals surface area contributed by atoms with Crippen LogP contribution in [0.1, 0.15) is 5.56 Å². The minimum atomic E-state index is -0.360. The van der Waals surface area contributed by atoms with Crippen molar-refractivity contribution in [3.05, 3.63) is 28.8 Å². The van der Waals surface area contributed by atoms with Gasteiger partial charge in [0, 0.05) is 11.6 Å². The van der Waals surface area contributed by atoms with E-state index < -0.39 is 0 Å². The molecule has 1 aromatic rings. The number of halogens is 1. The van der Waals surface area contributed by atoms with Gasteiger partial charge in [-0.15, -0.1) is 0 Å². The molecule has 1 atom stereocenters. The third-order valence-electron chi connectivity index (χ3n) is 2.73. The van der Waals surface area contributed by atoms with Crippen molar-refractivity contribution in [3.63, 3.8) is 0 Å². The van der Waals surface area contributed by atoms with Crippen LogP contribution in [0.4, 0.5) is 10.5 Å². The first-order chi connectivity index (χ1) is 7.65. The monoisotopic (exact) mass is 240 g/mol. The highest BCUT2D eigenvalue weighted by molar-refractivity contribution is 6.31. The molecule has 0 aromatic heterocycles. The third kappa shape index (κ3) is 1.74. The highest BCUT2D eigenvalue weighted by Gasteiger charge is 2.34. The molecule has 1 unspecified atom stereocenters. The number of amides is 1. The number of nitrogens with two attached hydrogens (primary N) is 1. The molecule has 1 aliphatic heterocycles. The predicted molar refractivity (Wildman–Crippen MR) is 62.9 cm³/mol. The van der Waals surface area contributed by atoms with Gasteiger partial charge in [0.25, 0.3) is 0 Å². The zero-order valence-electron chi connectivity index (χ0n) is 8.94. The van der Waals surface area contributed by atoms with Gasteiger partial charge in [-0.2, -0.15) is 0 Å². The zero-order chi connectivity index (χ0) is 11.7. The molecule has 5 heteroatoms. The van der Waals surface area contributed by atoms with E-state index in [-0.39, 0.29) is 12.1 Å². The molecule has 1 fully saturated rings. The molecular weight excluding hydrogens is 228 g/mol. The van der Waals surface area contributed by atoms with E-state index in [1.165, 1.54) is 0 Å². The fraction of sp³-hybridized carbons (Fsp3) is 0.364. The zero-order valence-corrected chi connectivity index (χ0v) is 9.70. The summed E-state index contributed by atoms with van der Waals surface area (Å²) in [6.07, 6.45) is -0.360. The van der Waals surface area contributed by atoms with Crippen molar-refractivity contribution in [1.29, 1.82) is 0 Å². The molecule has 0 saturated carbocycles. The first-order valence-electron chi connectivity index (χ1n) is 5.06. The molecule has 0 bridgehead atoms. The minimum Gasteiger partial charge on any atom is -0.447 e. The van der Waals surface area contributed by atoms with Crippen molar-refractivity contribution in [2.45, 2.75) is 13.0 Å². The number of hydrogen-bond donors (Lipinski definition) is 1. The molecule has 16 heavy (non-hydrogen) atoms. The van der Waals surface area contributed by atoms with Gasteiger partial charge >= 0.3 is 6.09 Å². The molecule has 4 nitrogen and oxygen atoms in total. The van der Waals surface area contributed by atoms with Gasteiger partial charge in [-0.05, 0) is 24.6 Å². The SMILES string of the molecule is Cc1c(Cl)cccc1N1C(=O)OCC1CN. The molecule has 0 aliphatic carbocycles. The maximum atomic E-state index is 11.6. The van der Waals surface area contributed by atoms with Gasteiger partial charge < -0.3 is 10.5 Å². The molecule has 1 saturated heterocycles. The van der Waals surface area contributed by atoms with Crippen LogP contribution in [-0.4, -0.2) is 25.3 Å². The van der Waals surface area contributed by atoms with Crippen molar-refractivity contribution in [1.82, 2.24) is 0 Å². The molecule has 1 heterocycles. The number of carbonyl (C=O) groups excluding carboxylic acids is 1. The topological polar surface area (TPSA) is 55.6 Å². The number of hydrogen-bond acceptors (Lipinski definition) is 3. The highest BCUT2D eigenvalue weighted by Crippen LogP contribution is 2.30. The normalized spacial score (nSPS) is 20.1. The Hall–Kier alpha value is -1.26. The summed E-state index contributed by atoms with van der Waals surface area (Å²) in [5, 5.41) is 0.632. The number of cyclic esters (lactones) is 1. The quantitative estimate of drug-likeness (QED) is 0.860. The smallest absolute Gasteiger partial charge is 0.414 e. The Bertz CT molecular complexity index is 422. The lowest BCUT2D eigenvalue weighted by Crippen LogP contribution is -2.39. The van der Waals surface area contributed by atoms with E-state index in [1.807, 2.05) is 19.1 Å². The predicted octanol–water partition coefficient (Wildman–Crippen LogP) is 1.93. The Morgan fingerprint density at radius 1 is 1.62 bits per heavy atom. The summed E-state index contributed by atoms with van der Waals surface area (Å²) in [5.41, 5.74) is 7.24. The van der Waals surface area contributed by atoms with Crippen molar-refractivity contribution >= 4 is 23.4 Å². The van der Waals surface area contributed by atoms with Gasteiger partial charge in [-0.1, -0.05) is 17.7 Å². The Morgan fingerprint density at radius 2 is 2.38 bits per heavy atom. The second kappa shape index (κ2) is 4.31. The van der Waals surface area contributed by atoms with E-state index in [1.54, 1.807) is 11.0 Å². The number of rotatable bonds is 2. The number of carbonyl (C=O) groups is 1. The molecule has 0 radical (unpaired) electrons. The molecule has 86 valence electrons. The maximum absolute atomic E-state index is 11.6. The second-order valence-corrected chi connectivity index (χ2v) is 4.13. The molecule has 2 rings (SSSR count). The summed E-state index contributed by atoms with van der Waals surface area (Å²) in [5.74, 6) is 0. The van der Waals surface area contributed by atoms with Gasteiger partial charge in [0.1, 0.15) is 6.61 Å². The Balaban J connectivity index is 2.42. The lowest BCUT2D eigenvalue weighted by atomic mass is 10.1. The number of ether oxygens (including phenoxy) is 1. The van der Waals surface area contributed by atoms with Crippen LogP contribution in [0.25, 0.3) is 0 Å². The van der Waals surface area contributed by atoms with E-state index in [0.717, 1.165) is 11.3 Å². The minimum absolute atomic E-state index is 0.107. The Labute approximate surface area is 98.9 Å². The molecular formula is C11H13ClN2O2. The van der Waals surface area contributed by atoms with Crippen molar-refractivity contribution in [3.8, 4) is 0 Å². The van der Waals surface area contributed by atoms with Crippen LogP contribution in [0.15, 0.2) is 18.2 Å². The van der Waals surface area contributed by atoms with Crippen LogP contribution < -0.4 is 10.6 Å². The van der Waals surface area contributed by atoms with Crippen LogP contribution in [0.5, 0.6) is 0 Å². The maximum Gasteiger partial charge on any atom is 0.414 e. The lowest BCUT2D eigenvalue weighted by molar-refractivity contribution is 0.179. The van der Waals surface area contributed by atoms with E-state index >= 15 is 0 Å². The summed E-state index contributed by atoms with van der Waals surface area (Å²) in [4.78, 5) is 13.2. The fourth-order valence-electron chi connectivity index (χ4n) is 1.79. The second-order valence-electron chi connectivity index (χ2n) is 3.72. The van der Waals surface area contributed by atoms with Gasteiger partial charge in [-0.3, -0.25) is 4.90 Å². The van der Waals surface area contributed by atoms with E-state index in [4.69, 9.17) is 22.1 Å². The molecule has 2 N–H and O–H groups in total. The molecule has 1 amide bonds. The number of nitrogens with zero attached hydrogens (tertiary/aromatic N) is 1. The van der Waals surface area contributed by atoms with Crippen molar-refractivity contribution in [2.24, 2.45) is 5.73 Å². The summed E-state index contributed by atoms with van der Waals surface area (Å²) >= 11 is 6.02. The number of benzene rings is 1. The van der Waals surface area contributed by atoms with Crippen LogP contribution in [-0.2, 0) is 4.74 Å². The van der Waals surface area contributed by atoms with Crippen molar-refractivity contribution in [2.75, 3.05) is 18.1 Å². The van der Waals surface area contributed by atoms with Crippen LogP contribution in [0.2, 0.25) is 5.02 Å². The standard InChI is InChI=1S/C11H13ClN2O2/c1-7-9(12)3-2-4-10(7)14-8(5-13)6-16-11(14)15/h2-4,8H,5-6,13H2,1H3. The average Bonchev–Trinajstić information content (AvgIpc) is 2.64. The van der Waals surface area contributed by atoms with Crippen LogP contribution in [0, 0.1) is 6.92 Å². The fourth-order valence-corrected chi connectivity index (χ4v) is 1.96. The van der Waals surface area contributed by atoms with Gasteiger partial charge in [0.2, 0.25) is 0 Å². The number of anilines is 1. The highest BCUT2D eigenvalue weighted by atomic mass is 35.5. The third-order valence-corrected chi connectivity index (χ3v) is 3.14. The summed E-state index contributed by atoms with van der Waals surface area (Å²) < 4.78 is 4.98. The van der Waals surface area contributed by atoms with E-state index in [0.29, 0.717) is 18.2 Å². The van der Waals surface area contributed by atoms with E-state index in [2.05, 4.69) is 0 Å². The molecule has 0 spiro atoms. The largest absolute Gasteiger partial charge is 0.447 e. The van der Waals surface area contributed by atoms with Gasteiger partial charge in [-0.25, -0.2) is 4.79 Å². The molecule has 1 aliphatic rings. The summed E-state index contributed by atoms with van der Waals surface area (Å²) in [6, 6.07) is 5.34. The van der Waals surface area contributed by atoms with E-state index in [9.17, 15) is 4.79 Å². The Morgan fingerprint density at radius 3 is 3.06 bits per heavy atom. The summed E-state index contributed by atoms with van der Waals surface area (Å²) in [6.45, 7) is 2.58. The lowest BCUT2D eigenvalue weighted by Gasteiger charge is -2.22.